The Hall–Kier alpha value is -1.28. The quantitative estimate of drug-likeness (QED) is 0.822. The van der Waals surface area contributed by atoms with Gasteiger partial charge < -0.3 is 10.2 Å². The Kier molecular flexibility index (Phi) is 3.25. The summed E-state index contributed by atoms with van der Waals surface area (Å²) in [7, 11) is 0. The number of benzene rings is 1. The van der Waals surface area contributed by atoms with Crippen LogP contribution in [0.4, 0.5) is 0 Å². The van der Waals surface area contributed by atoms with Gasteiger partial charge in [-0.05, 0) is 66.0 Å². The Balaban J connectivity index is 2.64. The van der Waals surface area contributed by atoms with Gasteiger partial charge in [0.1, 0.15) is 5.75 Å². The van der Waals surface area contributed by atoms with Crippen molar-refractivity contribution in [2.24, 2.45) is 0 Å². The van der Waals surface area contributed by atoms with E-state index >= 15 is 0 Å². The highest BCUT2D eigenvalue weighted by Gasteiger charge is 2.23. The van der Waals surface area contributed by atoms with Crippen molar-refractivity contribution in [2.75, 3.05) is 6.61 Å². The molecule has 2 heteroatoms. The van der Waals surface area contributed by atoms with Gasteiger partial charge in [0.05, 0.1) is 6.61 Å². The second-order valence-corrected chi connectivity index (χ2v) is 5.02. The smallest absolute Gasteiger partial charge is 0.119 e. The van der Waals surface area contributed by atoms with Gasteiger partial charge in [-0.3, -0.25) is 0 Å². The summed E-state index contributed by atoms with van der Waals surface area (Å²) in [4.78, 5) is 0. The first-order chi connectivity index (χ1) is 8.06. The van der Waals surface area contributed by atoms with Gasteiger partial charge in [-0.2, -0.15) is 0 Å². The van der Waals surface area contributed by atoms with Crippen LogP contribution in [0.15, 0.2) is 12.6 Å². The van der Waals surface area contributed by atoms with Crippen LogP contribution in [0.3, 0.4) is 0 Å². The van der Waals surface area contributed by atoms with Crippen molar-refractivity contribution in [3.8, 4) is 5.75 Å². The average Bonchev–Trinajstić information content (AvgIpc) is 2.32. The molecule has 0 bridgehead atoms. The van der Waals surface area contributed by atoms with Crippen LogP contribution in [0, 0.1) is 6.92 Å². The summed E-state index contributed by atoms with van der Waals surface area (Å²) in [6.07, 6.45) is 3.27. The van der Waals surface area contributed by atoms with Crippen LogP contribution in [0.2, 0.25) is 0 Å². The lowest BCUT2D eigenvalue weighted by Gasteiger charge is -2.27. The molecule has 1 atom stereocenters. The molecule has 0 unspecified atom stereocenters. The first-order valence-electron chi connectivity index (χ1n) is 6.20. The number of phenols is 1. The predicted octanol–water partition coefficient (Wildman–Crippen LogP) is 3.15. The van der Waals surface area contributed by atoms with E-state index in [4.69, 9.17) is 0 Å². The molecule has 0 fully saturated rings. The highest BCUT2D eigenvalue weighted by molar-refractivity contribution is 5.71. The first kappa shape index (κ1) is 12.2. The molecule has 2 rings (SSSR count). The molecule has 1 aliphatic carbocycles. The summed E-state index contributed by atoms with van der Waals surface area (Å²) in [5.41, 5.74) is 5.11. The predicted molar refractivity (Wildman–Crippen MR) is 70.3 cm³/mol. The molecular weight excluding hydrogens is 212 g/mol. The molecule has 2 N–H and O–H groups in total. The maximum atomic E-state index is 10.1. The van der Waals surface area contributed by atoms with Crippen molar-refractivity contribution >= 4 is 5.57 Å². The molecule has 0 heterocycles. The number of aromatic hydroxyl groups is 1. The van der Waals surface area contributed by atoms with E-state index in [-0.39, 0.29) is 6.61 Å². The number of hydrogen-bond acceptors (Lipinski definition) is 2. The van der Waals surface area contributed by atoms with Gasteiger partial charge >= 0.3 is 0 Å². The highest BCUT2D eigenvalue weighted by atomic mass is 16.3. The molecule has 0 aromatic heterocycles. The Morgan fingerprint density at radius 2 is 2.24 bits per heavy atom. The molecule has 1 aromatic rings. The van der Waals surface area contributed by atoms with Gasteiger partial charge in [0, 0.05) is 0 Å². The SMILES string of the molecule is C=C(CO)c1cc(O)c2c(c1C)[C@@H](C)CCC2. The van der Waals surface area contributed by atoms with E-state index in [0.717, 1.165) is 24.0 Å². The summed E-state index contributed by atoms with van der Waals surface area (Å²) >= 11 is 0. The number of phenolic OH excluding ortho intramolecular Hbond substituents is 1. The molecule has 2 nitrogen and oxygen atoms in total. The Morgan fingerprint density at radius 1 is 1.53 bits per heavy atom. The second-order valence-electron chi connectivity index (χ2n) is 5.02. The lowest BCUT2D eigenvalue weighted by molar-refractivity contribution is 0.350. The van der Waals surface area contributed by atoms with E-state index in [0.29, 0.717) is 17.2 Å². The monoisotopic (exact) mass is 232 g/mol. The summed E-state index contributed by atoms with van der Waals surface area (Å²) in [5, 5.41) is 19.3. The molecule has 0 aliphatic heterocycles. The summed E-state index contributed by atoms with van der Waals surface area (Å²) < 4.78 is 0. The fraction of sp³-hybridized carbons (Fsp3) is 0.467. The van der Waals surface area contributed by atoms with Crippen molar-refractivity contribution in [3.63, 3.8) is 0 Å². The Labute approximate surface area is 103 Å². The molecule has 0 saturated carbocycles. The standard InChI is InChI=1S/C15H20O2/c1-9-5-4-6-12-14(17)7-13(10(2)8-16)11(3)15(9)12/h7,9,16-17H,2,4-6,8H2,1,3H3/t9-/m0/s1. The van der Waals surface area contributed by atoms with Crippen LogP contribution >= 0.6 is 0 Å². The molecular formula is C15H20O2. The Morgan fingerprint density at radius 3 is 2.88 bits per heavy atom. The normalized spacial score (nSPS) is 18.9. The van der Waals surface area contributed by atoms with E-state index in [1.165, 1.54) is 17.5 Å². The number of aliphatic hydroxyl groups is 1. The Bertz CT molecular complexity index is 460. The van der Waals surface area contributed by atoms with E-state index in [1.54, 1.807) is 6.07 Å². The second kappa shape index (κ2) is 4.53. The fourth-order valence-corrected chi connectivity index (χ4v) is 2.95. The van der Waals surface area contributed by atoms with Crippen molar-refractivity contribution < 1.29 is 10.2 Å². The molecule has 92 valence electrons. The van der Waals surface area contributed by atoms with Gasteiger partial charge in [-0.25, -0.2) is 0 Å². The average molecular weight is 232 g/mol. The van der Waals surface area contributed by atoms with Crippen LogP contribution < -0.4 is 0 Å². The van der Waals surface area contributed by atoms with Crippen molar-refractivity contribution in [1.82, 2.24) is 0 Å². The van der Waals surface area contributed by atoms with Crippen molar-refractivity contribution in [3.05, 3.63) is 34.9 Å². The molecule has 0 spiro atoms. The van der Waals surface area contributed by atoms with E-state index in [1.807, 2.05) is 0 Å². The number of fused-ring (bicyclic) bond motifs is 1. The maximum Gasteiger partial charge on any atom is 0.119 e. The van der Waals surface area contributed by atoms with Gasteiger partial charge in [0.15, 0.2) is 0 Å². The minimum absolute atomic E-state index is 0.0621. The lowest BCUT2D eigenvalue weighted by atomic mass is 9.78. The number of hydrogen-bond donors (Lipinski definition) is 2. The van der Waals surface area contributed by atoms with Gasteiger partial charge in [0.2, 0.25) is 0 Å². The lowest BCUT2D eigenvalue weighted by Crippen LogP contribution is -2.11. The molecule has 17 heavy (non-hydrogen) atoms. The van der Waals surface area contributed by atoms with Crippen molar-refractivity contribution in [1.29, 1.82) is 0 Å². The van der Waals surface area contributed by atoms with Crippen LogP contribution in [0.1, 0.15) is 47.9 Å². The van der Waals surface area contributed by atoms with Crippen LogP contribution in [0.25, 0.3) is 5.57 Å². The molecule has 0 amide bonds. The summed E-state index contributed by atoms with van der Waals surface area (Å²) in [5.74, 6) is 0.845. The largest absolute Gasteiger partial charge is 0.508 e. The minimum atomic E-state index is -0.0621. The zero-order valence-corrected chi connectivity index (χ0v) is 10.6. The van der Waals surface area contributed by atoms with E-state index in [9.17, 15) is 10.2 Å². The van der Waals surface area contributed by atoms with Gasteiger partial charge in [0.25, 0.3) is 0 Å². The molecule has 1 aliphatic rings. The van der Waals surface area contributed by atoms with Gasteiger partial charge in [-0.1, -0.05) is 13.5 Å². The highest BCUT2D eigenvalue weighted by Crippen LogP contribution is 2.40. The third kappa shape index (κ3) is 1.98. The third-order valence-electron chi connectivity index (χ3n) is 3.85. The first-order valence-corrected chi connectivity index (χ1v) is 6.20. The molecule has 0 radical (unpaired) electrons. The van der Waals surface area contributed by atoms with Gasteiger partial charge in [-0.15, -0.1) is 0 Å². The van der Waals surface area contributed by atoms with Crippen molar-refractivity contribution in [2.45, 2.75) is 39.0 Å². The zero-order valence-electron chi connectivity index (χ0n) is 10.6. The number of rotatable bonds is 2. The van der Waals surface area contributed by atoms with Crippen LogP contribution in [-0.2, 0) is 6.42 Å². The maximum absolute atomic E-state index is 10.1. The topological polar surface area (TPSA) is 40.5 Å². The molecule has 1 aromatic carbocycles. The summed E-state index contributed by atoms with van der Waals surface area (Å²) in [6.45, 7) is 8.07. The number of aliphatic hydroxyl groups excluding tert-OH is 1. The fourth-order valence-electron chi connectivity index (χ4n) is 2.95. The van der Waals surface area contributed by atoms with E-state index in [2.05, 4.69) is 20.4 Å². The minimum Gasteiger partial charge on any atom is -0.508 e. The summed E-state index contributed by atoms with van der Waals surface area (Å²) in [6, 6.07) is 1.75. The third-order valence-corrected chi connectivity index (χ3v) is 3.85. The zero-order chi connectivity index (χ0) is 12.6. The molecule has 0 saturated heterocycles. The van der Waals surface area contributed by atoms with Crippen LogP contribution in [-0.4, -0.2) is 16.8 Å². The van der Waals surface area contributed by atoms with E-state index < -0.39 is 0 Å². The van der Waals surface area contributed by atoms with Crippen LogP contribution in [0.5, 0.6) is 5.75 Å².